The normalized spacial score (nSPS) is 10.1. The molecule has 2 aromatic rings. The molecule has 2 rings (SSSR count). The second-order valence-corrected chi connectivity index (χ2v) is 5.33. The zero-order valence-corrected chi connectivity index (χ0v) is 14.9. The molecule has 0 aliphatic heterocycles. The highest BCUT2D eigenvalue weighted by Crippen LogP contribution is 2.38. The van der Waals surface area contributed by atoms with Crippen LogP contribution in [0.2, 0.25) is 0 Å². The number of carbonyl (C=O) groups excluding carboxylic acids is 1. The molecule has 0 aromatic heterocycles. The summed E-state index contributed by atoms with van der Waals surface area (Å²) >= 11 is 0. The van der Waals surface area contributed by atoms with Gasteiger partial charge < -0.3 is 24.3 Å². The van der Waals surface area contributed by atoms with Crippen molar-refractivity contribution in [3.63, 3.8) is 0 Å². The van der Waals surface area contributed by atoms with Crippen LogP contribution in [0.3, 0.4) is 0 Å². The minimum absolute atomic E-state index is 0.243. The number of carbonyl (C=O) groups is 1. The molecule has 0 fully saturated rings. The Kier molecular flexibility index (Phi) is 6.51. The van der Waals surface area contributed by atoms with Crippen LogP contribution in [0.1, 0.15) is 15.9 Å². The molecule has 0 unspecified atom stereocenters. The number of methoxy groups -OCH3 is 3. The molecule has 0 radical (unpaired) electrons. The van der Waals surface area contributed by atoms with Crippen molar-refractivity contribution in [2.75, 3.05) is 34.5 Å². The number of ether oxygens (including phenoxy) is 4. The van der Waals surface area contributed by atoms with Crippen molar-refractivity contribution in [3.8, 4) is 23.0 Å². The van der Waals surface area contributed by atoms with Gasteiger partial charge in [0.15, 0.2) is 11.5 Å². The van der Waals surface area contributed by atoms with Crippen molar-refractivity contribution in [3.05, 3.63) is 47.5 Å². The van der Waals surface area contributed by atoms with Crippen LogP contribution in [0.5, 0.6) is 23.0 Å². The first kappa shape index (κ1) is 18.4. The van der Waals surface area contributed by atoms with E-state index in [1.54, 1.807) is 12.1 Å². The fraction of sp³-hybridized carbons (Fsp3) is 0.316. The van der Waals surface area contributed by atoms with Gasteiger partial charge in [-0.25, -0.2) is 0 Å². The molecule has 0 aliphatic rings. The number of benzene rings is 2. The SMILES string of the molecule is COc1cc(C(=O)NCCOc2cccc(C)c2)cc(OC)c1OC. The standard InChI is InChI=1S/C19H23NO5/c1-13-6-5-7-15(10-13)25-9-8-20-19(21)14-11-16(22-2)18(24-4)17(12-14)23-3/h5-7,10-12H,8-9H2,1-4H3,(H,20,21). The van der Waals surface area contributed by atoms with Crippen molar-refractivity contribution in [1.29, 1.82) is 0 Å². The van der Waals surface area contributed by atoms with Gasteiger partial charge in [0.25, 0.3) is 5.91 Å². The molecule has 1 amide bonds. The van der Waals surface area contributed by atoms with Crippen molar-refractivity contribution in [1.82, 2.24) is 5.32 Å². The lowest BCUT2D eigenvalue weighted by Crippen LogP contribution is -2.28. The molecule has 0 aliphatic carbocycles. The van der Waals surface area contributed by atoms with Crippen LogP contribution in [0.4, 0.5) is 0 Å². The molecule has 25 heavy (non-hydrogen) atoms. The molecular weight excluding hydrogens is 322 g/mol. The summed E-state index contributed by atoms with van der Waals surface area (Å²) in [5, 5.41) is 2.81. The van der Waals surface area contributed by atoms with E-state index in [0.717, 1.165) is 11.3 Å². The van der Waals surface area contributed by atoms with E-state index in [1.807, 2.05) is 31.2 Å². The summed E-state index contributed by atoms with van der Waals surface area (Å²) in [7, 11) is 4.53. The molecule has 1 N–H and O–H groups in total. The number of nitrogens with one attached hydrogen (secondary N) is 1. The number of hydrogen-bond donors (Lipinski definition) is 1. The molecule has 0 atom stereocenters. The van der Waals surface area contributed by atoms with Crippen molar-refractivity contribution >= 4 is 5.91 Å². The second-order valence-electron chi connectivity index (χ2n) is 5.33. The summed E-state index contributed by atoms with van der Waals surface area (Å²) < 4.78 is 21.4. The van der Waals surface area contributed by atoms with Crippen molar-refractivity contribution in [2.45, 2.75) is 6.92 Å². The minimum Gasteiger partial charge on any atom is -0.493 e. The van der Waals surface area contributed by atoms with Crippen LogP contribution < -0.4 is 24.3 Å². The summed E-state index contributed by atoms with van der Waals surface area (Å²) in [5.41, 5.74) is 1.55. The molecule has 0 bridgehead atoms. The monoisotopic (exact) mass is 345 g/mol. The fourth-order valence-corrected chi connectivity index (χ4v) is 2.35. The average molecular weight is 345 g/mol. The second kappa shape index (κ2) is 8.82. The van der Waals surface area contributed by atoms with Gasteiger partial charge in [0.1, 0.15) is 12.4 Å². The Balaban J connectivity index is 1.96. The van der Waals surface area contributed by atoms with Gasteiger partial charge in [-0.3, -0.25) is 4.79 Å². The summed E-state index contributed by atoms with van der Waals surface area (Å²) in [4.78, 5) is 12.3. The maximum Gasteiger partial charge on any atom is 0.251 e. The van der Waals surface area contributed by atoms with Gasteiger partial charge in [0, 0.05) is 5.56 Å². The summed E-state index contributed by atoms with van der Waals surface area (Å²) in [6.45, 7) is 2.75. The maximum absolute atomic E-state index is 12.3. The van der Waals surface area contributed by atoms with E-state index in [9.17, 15) is 4.79 Å². The van der Waals surface area contributed by atoms with Crippen LogP contribution in [0.15, 0.2) is 36.4 Å². The predicted octanol–water partition coefficient (Wildman–Crippen LogP) is 2.83. The zero-order valence-electron chi connectivity index (χ0n) is 14.9. The van der Waals surface area contributed by atoms with E-state index in [-0.39, 0.29) is 5.91 Å². The lowest BCUT2D eigenvalue weighted by molar-refractivity contribution is 0.0946. The van der Waals surface area contributed by atoms with Crippen LogP contribution in [-0.4, -0.2) is 40.4 Å². The van der Waals surface area contributed by atoms with E-state index in [1.165, 1.54) is 21.3 Å². The molecule has 0 saturated heterocycles. The number of rotatable bonds is 8. The fourth-order valence-electron chi connectivity index (χ4n) is 2.35. The summed E-state index contributed by atoms with van der Waals surface area (Å²) in [6, 6.07) is 11.0. The van der Waals surface area contributed by atoms with Crippen molar-refractivity contribution in [2.24, 2.45) is 0 Å². The highest BCUT2D eigenvalue weighted by molar-refractivity contribution is 5.95. The molecule has 134 valence electrons. The summed E-state index contributed by atoms with van der Waals surface area (Å²) in [5.74, 6) is 1.85. The molecule has 0 heterocycles. The Morgan fingerprint density at radius 2 is 1.68 bits per heavy atom. The first-order chi connectivity index (χ1) is 12.1. The van der Waals surface area contributed by atoms with Crippen LogP contribution in [-0.2, 0) is 0 Å². The van der Waals surface area contributed by atoms with Gasteiger partial charge in [0.05, 0.1) is 27.9 Å². The smallest absolute Gasteiger partial charge is 0.251 e. The third-order valence-corrected chi connectivity index (χ3v) is 3.57. The Bertz CT molecular complexity index is 704. The molecule has 6 heteroatoms. The highest BCUT2D eigenvalue weighted by Gasteiger charge is 2.16. The Hall–Kier alpha value is -2.89. The van der Waals surface area contributed by atoms with Crippen LogP contribution in [0, 0.1) is 6.92 Å². The lowest BCUT2D eigenvalue weighted by Gasteiger charge is -2.14. The number of amides is 1. The molecule has 2 aromatic carbocycles. The van der Waals surface area contributed by atoms with E-state index < -0.39 is 0 Å². The van der Waals surface area contributed by atoms with Crippen molar-refractivity contribution < 1.29 is 23.7 Å². The van der Waals surface area contributed by atoms with Crippen LogP contribution >= 0.6 is 0 Å². The van der Waals surface area contributed by atoms with E-state index in [0.29, 0.717) is 36.0 Å². The number of hydrogen-bond acceptors (Lipinski definition) is 5. The quantitative estimate of drug-likeness (QED) is 0.745. The lowest BCUT2D eigenvalue weighted by atomic mass is 10.1. The van der Waals surface area contributed by atoms with E-state index >= 15 is 0 Å². The van der Waals surface area contributed by atoms with Gasteiger partial charge in [-0.2, -0.15) is 0 Å². The first-order valence-corrected chi connectivity index (χ1v) is 7.86. The highest BCUT2D eigenvalue weighted by atomic mass is 16.5. The third-order valence-electron chi connectivity index (χ3n) is 3.57. The summed E-state index contributed by atoms with van der Waals surface area (Å²) in [6.07, 6.45) is 0. The van der Waals surface area contributed by atoms with Crippen LogP contribution in [0.25, 0.3) is 0 Å². The first-order valence-electron chi connectivity index (χ1n) is 7.86. The Morgan fingerprint density at radius 3 is 2.24 bits per heavy atom. The van der Waals surface area contributed by atoms with Gasteiger partial charge in [-0.1, -0.05) is 12.1 Å². The predicted molar refractivity (Wildman–Crippen MR) is 95.1 cm³/mol. The average Bonchev–Trinajstić information content (AvgIpc) is 2.63. The largest absolute Gasteiger partial charge is 0.493 e. The minimum atomic E-state index is -0.243. The molecule has 6 nitrogen and oxygen atoms in total. The molecular formula is C19H23NO5. The Morgan fingerprint density at radius 1 is 1.00 bits per heavy atom. The topological polar surface area (TPSA) is 66.0 Å². The zero-order chi connectivity index (χ0) is 18.2. The van der Waals surface area contributed by atoms with Gasteiger partial charge >= 0.3 is 0 Å². The van der Waals surface area contributed by atoms with Gasteiger partial charge in [-0.15, -0.1) is 0 Å². The maximum atomic E-state index is 12.3. The molecule has 0 spiro atoms. The van der Waals surface area contributed by atoms with Gasteiger partial charge in [-0.05, 0) is 36.8 Å². The number of aryl methyl sites for hydroxylation is 1. The Labute approximate surface area is 147 Å². The molecule has 0 saturated carbocycles. The van der Waals surface area contributed by atoms with E-state index in [4.69, 9.17) is 18.9 Å². The van der Waals surface area contributed by atoms with Gasteiger partial charge in [0.2, 0.25) is 5.75 Å². The third kappa shape index (κ3) is 4.79. The van der Waals surface area contributed by atoms with E-state index in [2.05, 4.69) is 5.32 Å².